The Hall–Kier alpha value is -1.93. The van der Waals surface area contributed by atoms with E-state index >= 15 is 0 Å². The van der Waals surface area contributed by atoms with Crippen LogP contribution in [0.1, 0.15) is 56.3 Å². The molecule has 1 atom stereocenters. The van der Waals surface area contributed by atoms with E-state index in [0.29, 0.717) is 31.4 Å². The predicted molar refractivity (Wildman–Crippen MR) is 95.0 cm³/mol. The number of amides is 1. The van der Waals surface area contributed by atoms with Gasteiger partial charge in [0.1, 0.15) is 0 Å². The van der Waals surface area contributed by atoms with Gasteiger partial charge in [-0.1, -0.05) is 13.3 Å². The van der Waals surface area contributed by atoms with Crippen molar-refractivity contribution < 1.29 is 23.1 Å². The Balaban J connectivity index is 2.50. The number of benzene rings is 1. The Morgan fingerprint density at radius 1 is 1.12 bits per heavy atom. The van der Waals surface area contributed by atoms with E-state index < -0.39 is 16.0 Å². The third-order valence-electron chi connectivity index (χ3n) is 3.75. The lowest BCUT2D eigenvalue weighted by Crippen LogP contribution is -2.32. The first-order valence-corrected chi connectivity index (χ1v) is 9.87. The number of carbonyl (C=O) groups excluding carboxylic acids is 1. The topological polar surface area (TPSA) is 113 Å². The van der Waals surface area contributed by atoms with Crippen molar-refractivity contribution in [1.82, 2.24) is 10.0 Å². The Labute approximate surface area is 148 Å². The number of hydrogen-bond acceptors (Lipinski definition) is 4. The molecule has 8 heteroatoms. The first-order valence-electron chi connectivity index (χ1n) is 8.38. The van der Waals surface area contributed by atoms with Crippen LogP contribution in [0.25, 0.3) is 0 Å². The monoisotopic (exact) mass is 370 g/mol. The maximum absolute atomic E-state index is 12.1. The highest BCUT2D eigenvalue weighted by Crippen LogP contribution is 2.12. The molecular weight excluding hydrogens is 344 g/mol. The van der Waals surface area contributed by atoms with E-state index in [-0.39, 0.29) is 23.3 Å². The molecular formula is C17H26N2O5S. The minimum absolute atomic E-state index is 0.123. The molecule has 0 aromatic heterocycles. The number of unbranched alkanes of at least 4 members (excludes halogenated alkanes) is 2. The van der Waals surface area contributed by atoms with Crippen molar-refractivity contribution >= 4 is 21.9 Å². The number of carboxylic acid groups (broad SMARTS) is 1. The third-order valence-corrected chi connectivity index (χ3v) is 5.35. The average molecular weight is 370 g/mol. The van der Waals surface area contributed by atoms with Gasteiger partial charge in [-0.2, -0.15) is 0 Å². The lowest BCUT2D eigenvalue weighted by Gasteiger charge is -2.12. The molecule has 1 rings (SSSR count). The summed E-state index contributed by atoms with van der Waals surface area (Å²) in [6, 6.07) is 5.61. The Bertz CT molecular complexity index is 671. The van der Waals surface area contributed by atoms with Gasteiger partial charge in [0.2, 0.25) is 10.0 Å². The molecule has 0 bridgehead atoms. The molecule has 0 spiro atoms. The molecule has 1 unspecified atom stereocenters. The molecule has 0 aliphatic rings. The second kappa shape index (κ2) is 10.1. The van der Waals surface area contributed by atoms with Crippen molar-refractivity contribution in [3.63, 3.8) is 0 Å². The summed E-state index contributed by atoms with van der Waals surface area (Å²) in [6.45, 7) is 4.13. The lowest BCUT2D eigenvalue weighted by atomic mass is 10.2. The first kappa shape index (κ1) is 21.1. The van der Waals surface area contributed by atoms with E-state index in [1.807, 2.05) is 6.92 Å². The van der Waals surface area contributed by atoms with Crippen LogP contribution in [0.2, 0.25) is 0 Å². The van der Waals surface area contributed by atoms with Crippen LogP contribution in [0.15, 0.2) is 29.2 Å². The molecule has 0 aliphatic carbocycles. The fraction of sp³-hybridized carbons (Fsp3) is 0.529. The number of nitrogens with one attached hydrogen (secondary N) is 2. The summed E-state index contributed by atoms with van der Waals surface area (Å²) in [5.74, 6) is -1.10. The summed E-state index contributed by atoms with van der Waals surface area (Å²) in [7, 11) is -3.58. The SMILES string of the molecule is CCC(C)NS(=O)(=O)c1ccc(C(=O)NCCCCCC(=O)O)cc1. The molecule has 3 N–H and O–H groups in total. The van der Waals surface area contributed by atoms with Gasteiger partial charge >= 0.3 is 5.97 Å². The zero-order chi connectivity index (χ0) is 18.9. The van der Waals surface area contributed by atoms with Crippen LogP contribution >= 0.6 is 0 Å². The molecule has 1 amide bonds. The summed E-state index contributed by atoms with van der Waals surface area (Å²) < 4.78 is 26.9. The molecule has 140 valence electrons. The summed E-state index contributed by atoms with van der Waals surface area (Å²) in [6.07, 6.45) is 2.83. The fourth-order valence-electron chi connectivity index (χ4n) is 2.08. The van der Waals surface area contributed by atoms with Crippen LogP contribution in [0, 0.1) is 0 Å². The van der Waals surface area contributed by atoms with Crippen LogP contribution in [0.3, 0.4) is 0 Å². The van der Waals surface area contributed by atoms with Crippen LogP contribution in [-0.2, 0) is 14.8 Å². The first-order chi connectivity index (χ1) is 11.8. The molecule has 0 radical (unpaired) electrons. The van der Waals surface area contributed by atoms with Crippen molar-refractivity contribution in [3.8, 4) is 0 Å². The zero-order valence-corrected chi connectivity index (χ0v) is 15.4. The van der Waals surface area contributed by atoms with Crippen LogP contribution in [0.5, 0.6) is 0 Å². The fourth-order valence-corrected chi connectivity index (χ4v) is 3.41. The zero-order valence-electron chi connectivity index (χ0n) is 14.6. The number of carbonyl (C=O) groups is 2. The van der Waals surface area contributed by atoms with Crippen LogP contribution in [0.4, 0.5) is 0 Å². The maximum atomic E-state index is 12.1. The van der Waals surface area contributed by atoms with Gasteiger partial charge in [0, 0.05) is 24.6 Å². The van der Waals surface area contributed by atoms with Gasteiger partial charge < -0.3 is 10.4 Å². The predicted octanol–water partition coefficient (Wildman–Crippen LogP) is 2.14. The molecule has 1 aromatic carbocycles. The molecule has 25 heavy (non-hydrogen) atoms. The second-order valence-corrected chi connectivity index (χ2v) is 7.63. The Morgan fingerprint density at radius 3 is 2.32 bits per heavy atom. The number of aliphatic carboxylic acids is 1. The van der Waals surface area contributed by atoms with Gasteiger partial charge in [0.15, 0.2) is 0 Å². The van der Waals surface area contributed by atoms with Crippen LogP contribution < -0.4 is 10.0 Å². The maximum Gasteiger partial charge on any atom is 0.303 e. The van der Waals surface area contributed by atoms with Crippen LogP contribution in [-0.4, -0.2) is 38.0 Å². The van der Waals surface area contributed by atoms with Gasteiger partial charge in [0.25, 0.3) is 5.91 Å². The van der Waals surface area contributed by atoms with E-state index in [0.717, 1.165) is 6.42 Å². The van der Waals surface area contributed by atoms with Gasteiger partial charge in [-0.15, -0.1) is 0 Å². The van der Waals surface area contributed by atoms with Crippen molar-refractivity contribution in [2.24, 2.45) is 0 Å². The largest absolute Gasteiger partial charge is 0.481 e. The molecule has 7 nitrogen and oxygen atoms in total. The normalized spacial score (nSPS) is 12.6. The molecule has 0 heterocycles. The quantitative estimate of drug-likeness (QED) is 0.517. The third kappa shape index (κ3) is 7.66. The van der Waals surface area contributed by atoms with Crippen molar-refractivity contribution in [2.45, 2.75) is 56.9 Å². The highest BCUT2D eigenvalue weighted by atomic mass is 32.2. The van der Waals surface area contributed by atoms with E-state index in [1.165, 1.54) is 24.3 Å². The standard InChI is InChI=1S/C17H26N2O5S/c1-3-13(2)19-25(23,24)15-10-8-14(9-11-15)17(22)18-12-6-4-5-7-16(20)21/h8-11,13,19H,3-7,12H2,1-2H3,(H,18,22)(H,20,21). The number of carboxylic acids is 1. The van der Waals surface area contributed by atoms with Gasteiger partial charge in [-0.25, -0.2) is 13.1 Å². The van der Waals surface area contributed by atoms with E-state index in [1.54, 1.807) is 6.92 Å². The smallest absolute Gasteiger partial charge is 0.303 e. The molecule has 0 saturated heterocycles. The molecule has 0 fully saturated rings. The Morgan fingerprint density at radius 2 is 1.76 bits per heavy atom. The molecule has 1 aromatic rings. The summed E-state index contributed by atoms with van der Waals surface area (Å²) >= 11 is 0. The van der Waals surface area contributed by atoms with Gasteiger partial charge in [-0.05, 0) is 50.5 Å². The van der Waals surface area contributed by atoms with Crippen molar-refractivity contribution in [2.75, 3.05) is 6.54 Å². The molecule has 0 aliphatic heterocycles. The van der Waals surface area contributed by atoms with Gasteiger partial charge in [0.05, 0.1) is 4.90 Å². The summed E-state index contributed by atoms with van der Waals surface area (Å²) in [4.78, 5) is 22.5. The van der Waals surface area contributed by atoms with Crippen molar-refractivity contribution in [3.05, 3.63) is 29.8 Å². The average Bonchev–Trinajstić information content (AvgIpc) is 2.57. The Kier molecular flexibility index (Phi) is 8.57. The van der Waals surface area contributed by atoms with E-state index in [4.69, 9.17) is 5.11 Å². The number of hydrogen-bond donors (Lipinski definition) is 3. The number of sulfonamides is 1. The highest BCUT2D eigenvalue weighted by molar-refractivity contribution is 7.89. The van der Waals surface area contributed by atoms with Gasteiger partial charge in [-0.3, -0.25) is 9.59 Å². The highest BCUT2D eigenvalue weighted by Gasteiger charge is 2.17. The summed E-state index contributed by atoms with van der Waals surface area (Å²) in [5.41, 5.74) is 0.382. The second-order valence-electron chi connectivity index (χ2n) is 5.92. The van der Waals surface area contributed by atoms with Crippen molar-refractivity contribution in [1.29, 1.82) is 0 Å². The van der Waals surface area contributed by atoms with E-state index in [9.17, 15) is 18.0 Å². The number of rotatable bonds is 11. The summed E-state index contributed by atoms with van der Waals surface area (Å²) in [5, 5.41) is 11.3. The van der Waals surface area contributed by atoms with E-state index in [2.05, 4.69) is 10.0 Å². The lowest BCUT2D eigenvalue weighted by molar-refractivity contribution is -0.137. The minimum Gasteiger partial charge on any atom is -0.481 e. The minimum atomic E-state index is -3.58. The molecule has 0 saturated carbocycles.